The summed E-state index contributed by atoms with van der Waals surface area (Å²) in [5.74, 6) is 0. The smallest absolute Gasteiger partial charge is 0.270 e. The third kappa shape index (κ3) is 3.29. The predicted octanol–water partition coefficient (Wildman–Crippen LogP) is 4.05. The number of nitrogens with zero attached hydrogens (tertiary/aromatic N) is 4. The van der Waals surface area contributed by atoms with Crippen LogP contribution < -0.4 is 5.73 Å². The highest BCUT2D eigenvalue weighted by Crippen LogP contribution is 2.30. The minimum Gasteiger partial charge on any atom is -0.398 e. The van der Waals surface area contributed by atoms with Crippen molar-refractivity contribution in [3.8, 4) is 11.3 Å². The molecule has 0 saturated carbocycles. The Balaban J connectivity index is 1.58. The lowest BCUT2D eigenvalue weighted by atomic mass is 9.99. The van der Waals surface area contributed by atoms with Crippen LogP contribution in [0.2, 0.25) is 0 Å². The Morgan fingerprint density at radius 1 is 1.07 bits per heavy atom. The van der Waals surface area contributed by atoms with Crippen molar-refractivity contribution in [2.45, 2.75) is 19.5 Å². The molecule has 0 radical (unpaired) electrons. The number of imidazole rings is 1. The lowest BCUT2D eigenvalue weighted by molar-refractivity contribution is -0.384. The van der Waals surface area contributed by atoms with E-state index in [1.165, 1.54) is 17.2 Å². The molecule has 30 heavy (non-hydrogen) atoms. The molecule has 0 fully saturated rings. The van der Waals surface area contributed by atoms with E-state index < -0.39 is 0 Å². The van der Waals surface area contributed by atoms with E-state index in [0.29, 0.717) is 12.2 Å². The first-order valence-corrected chi connectivity index (χ1v) is 9.89. The maximum atomic E-state index is 11.3. The van der Waals surface area contributed by atoms with Gasteiger partial charge in [0.2, 0.25) is 0 Å². The average Bonchev–Trinajstić information content (AvgIpc) is 3.11. The number of aromatic nitrogens is 2. The number of hydrogen-bond donors (Lipinski definition) is 1. The maximum absolute atomic E-state index is 11.3. The Morgan fingerprint density at radius 2 is 1.90 bits per heavy atom. The molecular formula is C23H21N5O2. The van der Waals surface area contributed by atoms with Crippen molar-refractivity contribution in [3.05, 3.63) is 93.8 Å². The van der Waals surface area contributed by atoms with E-state index >= 15 is 0 Å². The largest absolute Gasteiger partial charge is 0.398 e. The van der Waals surface area contributed by atoms with Gasteiger partial charge in [-0.05, 0) is 29.7 Å². The molecule has 0 bridgehead atoms. The number of nitro groups is 1. The monoisotopic (exact) mass is 399 g/mol. The summed E-state index contributed by atoms with van der Waals surface area (Å²) < 4.78 is 2.00. The van der Waals surface area contributed by atoms with Crippen molar-refractivity contribution in [3.63, 3.8) is 0 Å². The van der Waals surface area contributed by atoms with Crippen molar-refractivity contribution < 1.29 is 4.92 Å². The number of nitrogens with two attached hydrogens (primary N) is 1. The molecule has 4 aromatic rings. The van der Waals surface area contributed by atoms with E-state index in [1.807, 2.05) is 28.8 Å². The van der Waals surface area contributed by atoms with Crippen molar-refractivity contribution in [2.75, 3.05) is 12.3 Å². The number of hydrogen-bond acceptors (Lipinski definition) is 5. The van der Waals surface area contributed by atoms with Gasteiger partial charge in [0.25, 0.3) is 5.69 Å². The third-order valence-corrected chi connectivity index (χ3v) is 5.65. The van der Waals surface area contributed by atoms with Gasteiger partial charge in [0.15, 0.2) is 0 Å². The van der Waals surface area contributed by atoms with Crippen molar-refractivity contribution in [1.29, 1.82) is 0 Å². The predicted molar refractivity (Wildman–Crippen MR) is 116 cm³/mol. The van der Waals surface area contributed by atoms with Crippen LogP contribution in [-0.4, -0.2) is 25.8 Å². The van der Waals surface area contributed by atoms with Gasteiger partial charge < -0.3 is 10.1 Å². The third-order valence-electron chi connectivity index (χ3n) is 5.65. The normalized spacial score (nSPS) is 14.0. The minimum absolute atomic E-state index is 0.0573. The molecule has 150 valence electrons. The molecule has 2 N–H and O–H groups in total. The van der Waals surface area contributed by atoms with E-state index in [0.717, 1.165) is 42.1 Å². The SMILES string of the molecule is Nc1ccc2nc(-c3cccc([N+](=O)[O-])c3)c(CN3CCc4ccccc4C3)n2c1. The molecule has 2 aromatic carbocycles. The van der Waals surface area contributed by atoms with Crippen LogP contribution in [-0.2, 0) is 19.5 Å². The Morgan fingerprint density at radius 3 is 2.73 bits per heavy atom. The number of rotatable bonds is 4. The fourth-order valence-electron chi connectivity index (χ4n) is 4.16. The van der Waals surface area contributed by atoms with E-state index in [9.17, 15) is 10.1 Å². The van der Waals surface area contributed by atoms with Gasteiger partial charge in [-0.3, -0.25) is 15.0 Å². The summed E-state index contributed by atoms with van der Waals surface area (Å²) in [7, 11) is 0. The summed E-state index contributed by atoms with van der Waals surface area (Å²) >= 11 is 0. The average molecular weight is 399 g/mol. The summed E-state index contributed by atoms with van der Waals surface area (Å²) in [5.41, 5.74) is 12.7. The number of non-ortho nitro benzene ring substituents is 1. The second kappa shape index (κ2) is 7.27. The second-order valence-corrected chi connectivity index (χ2v) is 7.63. The highest BCUT2D eigenvalue weighted by Gasteiger charge is 2.22. The van der Waals surface area contributed by atoms with Crippen LogP contribution in [0, 0.1) is 10.1 Å². The molecule has 2 aromatic heterocycles. The van der Waals surface area contributed by atoms with Crippen LogP contribution in [0.4, 0.5) is 11.4 Å². The molecule has 5 rings (SSSR count). The Kier molecular flexibility index (Phi) is 4.44. The van der Waals surface area contributed by atoms with Gasteiger partial charge >= 0.3 is 0 Å². The summed E-state index contributed by atoms with van der Waals surface area (Å²) in [6.45, 7) is 2.48. The van der Waals surface area contributed by atoms with Gasteiger partial charge in [-0.25, -0.2) is 4.98 Å². The first-order chi connectivity index (χ1) is 14.6. The molecule has 7 nitrogen and oxygen atoms in total. The summed E-state index contributed by atoms with van der Waals surface area (Å²) in [6, 6.07) is 18.9. The van der Waals surface area contributed by atoms with Crippen LogP contribution >= 0.6 is 0 Å². The Labute approximate surface area is 173 Å². The number of pyridine rings is 1. The van der Waals surface area contributed by atoms with Gasteiger partial charge in [-0.15, -0.1) is 0 Å². The fraction of sp³-hybridized carbons (Fsp3) is 0.174. The lowest BCUT2D eigenvalue weighted by Gasteiger charge is -2.28. The van der Waals surface area contributed by atoms with Crippen molar-refractivity contribution >= 4 is 17.0 Å². The number of anilines is 1. The summed E-state index contributed by atoms with van der Waals surface area (Å²) in [5, 5.41) is 11.3. The first-order valence-electron chi connectivity index (χ1n) is 9.89. The van der Waals surface area contributed by atoms with E-state index in [2.05, 4.69) is 29.2 Å². The van der Waals surface area contributed by atoms with Gasteiger partial charge in [-0.2, -0.15) is 0 Å². The fourth-order valence-corrected chi connectivity index (χ4v) is 4.16. The molecule has 0 saturated heterocycles. The minimum atomic E-state index is -0.376. The molecule has 0 amide bonds. The number of benzene rings is 2. The quantitative estimate of drug-likeness (QED) is 0.413. The van der Waals surface area contributed by atoms with Gasteiger partial charge in [0.05, 0.1) is 16.3 Å². The highest BCUT2D eigenvalue weighted by molar-refractivity contribution is 5.69. The van der Waals surface area contributed by atoms with E-state index in [4.69, 9.17) is 10.7 Å². The number of fused-ring (bicyclic) bond motifs is 2. The molecule has 3 heterocycles. The standard InChI is InChI=1S/C23H21N5O2/c24-19-8-9-22-25-23(17-6-3-7-20(12-17)28(29)30)21(27(22)14-19)15-26-11-10-16-4-1-2-5-18(16)13-26/h1-9,12,14H,10-11,13,15,24H2. The zero-order valence-corrected chi connectivity index (χ0v) is 16.4. The number of nitrogen functional groups attached to an aromatic ring is 1. The van der Waals surface area contributed by atoms with E-state index in [1.54, 1.807) is 12.1 Å². The summed E-state index contributed by atoms with van der Waals surface area (Å²) in [6.07, 6.45) is 2.87. The second-order valence-electron chi connectivity index (χ2n) is 7.63. The highest BCUT2D eigenvalue weighted by atomic mass is 16.6. The molecule has 1 aliphatic rings. The van der Waals surface area contributed by atoms with Crippen LogP contribution in [0.15, 0.2) is 66.9 Å². The van der Waals surface area contributed by atoms with Crippen LogP contribution in [0.1, 0.15) is 16.8 Å². The van der Waals surface area contributed by atoms with E-state index in [-0.39, 0.29) is 10.6 Å². The Bertz CT molecular complexity index is 1260. The van der Waals surface area contributed by atoms with Crippen LogP contribution in [0.5, 0.6) is 0 Å². The van der Waals surface area contributed by atoms with Crippen molar-refractivity contribution in [2.24, 2.45) is 0 Å². The molecular weight excluding hydrogens is 378 g/mol. The topological polar surface area (TPSA) is 89.7 Å². The van der Waals surface area contributed by atoms with Gasteiger partial charge in [0.1, 0.15) is 5.65 Å². The number of nitro benzene ring substituents is 1. The summed E-state index contributed by atoms with van der Waals surface area (Å²) in [4.78, 5) is 18.1. The molecule has 7 heteroatoms. The molecule has 0 aliphatic carbocycles. The van der Waals surface area contributed by atoms with Gasteiger partial charge in [0, 0.05) is 49.2 Å². The molecule has 0 spiro atoms. The van der Waals surface area contributed by atoms with Crippen LogP contribution in [0.25, 0.3) is 16.9 Å². The molecule has 1 aliphatic heterocycles. The van der Waals surface area contributed by atoms with Crippen molar-refractivity contribution in [1.82, 2.24) is 14.3 Å². The molecule has 0 atom stereocenters. The zero-order valence-electron chi connectivity index (χ0n) is 16.4. The zero-order chi connectivity index (χ0) is 20.7. The Hall–Kier alpha value is -3.71. The van der Waals surface area contributed by atoms with Gasteiger partial charge in [-0.1, -0.05) is 36.4 Å². The first kappa shape index (κ1) is 18.3. The van der Waals surface area contributed by atoms with Crippen LogP contribution in [0.3, 0.4) is 0 Å². The lowest BCUT2D eigenvalue weighted by Crippen LogP contribution is -2.30. The molecule has 0 unspecified atom stereocenters. The maximum Gasteiger partial charge on any atom is 0.270 e.